The Hall–Kier alpha value is -0.160. The van der Waals surface area contributed by atoms with Gasteiger partial charge in [-0.1, -0.05) is 6.92 Å². The van der Waals surface area contributed by atoms with Crippen molar-refractivity contribution in [2.75, 3.05) is 26.4 Å². The summed E-state index contributed by atoms with van der Waals surface area (Å²) in [4.78, 5) is 0. The van der Waals surface area contributed by atoms with Gasteiger partial charge in [0.1, 0.15) is 0 Å². The highest BCUT2D eigenvalue weighted by atomic mass is 16.3. The molecule has 0 aromatic carbocycles. The van der Waals surface area contributed by atoms with Crippen LogP contribution in [-0.2, 0) is 0 Å². The molecule has 0 saturated heterocycles. The first-order chi connectivity index (χ1) is 6.11. The molecule has 0 heterocycles. The third-order valence-electron chi connectivity index (χ3n) is 2.34. The monoisotopic (exact) mass is 192 g/mol. The minimum Gasteiger partial charge on any atom is -0.396 e. The third-order valence-corrected chi connectivity index (χ3v) is 2.34. The Morgan fingerprint density at radius 1 is 1.08 bits per heavy atom. The number of aliphatic hydroxyl groups is 4. The Labute approximate surface area is 78.8 Å². The first-order valence-electron chi connectivity index (χ1n) is 4.55. The van der Waals surface area contributed by atoms with Crippen molar-refractivity contribution in [1.82, 2.24) is 0 Å². The molecule has 0 rings (SSSR count). The summed E-state index contributed by atoms with van der Waals surface area (Å²) in [7, 11) is 0. The van der Waals surface area contributed by atoms with Gasteiger partial charge < -0.3 is 20.4 Å². The van der Waals surface area contributed by atoms with E-state index in [0.29, 0.717) is 12.8 Å². The fourth-order valence-corrected chi connectivity index (χ4v) is 1.32. The van der Waals surface area contributed by atoms with E-state index in [1.165, 1.54) is 0 Å². The highest BCUT2D eigenvalue weighted by molar-refractivity contribution is 4.76. The van der Waals surface area contributed by atoms with E-state index < -0.39 is 5.41 Å². The van der Waals surface area contributed by atoms with E-state index in [9.17, 15) is 0 Å². The van der Waals surface area contributed by atoms with Gasteiger partial charge in [-0.05, 0) is 18.8 Å². The molecule has 1 unspecified atom stereocenters. The lowest BCUT2D eigenvalue weighted by Gasteiger charge is -2.28. The molecule has 0 aliphatic rings. The molecular formula is C9H20O4. The summed E-state index contributed by atoms with van der Waals surface area (Å²) in [5, 5.41) is 35.6. The molecular weight excluding hydrogens is 172 g/mol. The Morgan fingerprint density at radius 2 is 1.62 bits per heavy atom. The molecule has 0 fully saturated rings. The topological polar surface area (TPSA) is 80.9 Å². The highest BCUT2D eigenvalue weighted by Gasteiger charge is 2.26. The second-order valence-electron chi connectivity index (χ2n) is 3.89. The van der Waals surface area contributed by atoms with Crippen molar-refractivity contribution < 1.29 is 20.4 Å². The van der Waals surface area contributed by atoms with Gasteiger partial charge in [0.25, 0.3) is 0 Å². The fourth-order valence-electron chi connectivity index (χ4n) is 1.32. The molecule has 13 heavy (non-hydrogen) atoms. The SMILES string of the molecule is CC(CO)(CO)CC(CO)CCO. The molecule has 4 nitrogen and oxygen atoms in total. The third kappa shape index (κ3) is 4.57. The van der Waals surface area contributed by atoms with Crippen LogP contribution in [0.4, 0.5) is 0 Å². The number of hydrogen-bond donors (Lipinski definition) is 4. The van der Waals surface area contributed by atoms with Crippen molar-refractivity contribution in [2.45, 2.75) is 19.8 Å². The molecule has 0 aromatic rings. The summed E-state index contributed by atoms with van der Waals surface area (Å²) >= 11 is 0. The van der Waals surface area contributed by atoms with Crippen LogP contribution in [0.3, 0.4) is 0 Å². The summed E-state index contributed by atoms with van der Waals surface area (Å²) < 4.78 is 0. The molecule has 0 radical (unpaired) electrons. The summed E-state index contributed by atoms with van der Waals surface area (Å²) in [6.45, 7) is 1.55. The van der Waals surface area contributed by atoms with Crippen LogP contribution >= 0.6 is 0 Å². The predicted molar refractivity (Wildman–Crippen MR) is 49.2 cm³/mol. The van der Waals surface area contributed by atoms with E-state index in [1.807, 2.05) is 0 Å². The number of hydrogen-bond acceptors (Lipinski definition) is 4. The maximum Gasteiger partial charge on any atom is 0.0506 e. The zero-order valence-electron chi connectivity index (χ0n) is 8.11. The van der Waals surface area contributed by atoms with Crippen molar-refractivity contribution in [3.63, 3.8) is 0 Å². The van der Waals surface area contributed by atoms with Gasteiger partial charge >= 0.3 is 0 Å². The molecule has 0 spiro atoms. The van der Waals surface area contributed by atoms with E-state index in [0.717, 1.165) is 0 Å². The molecule has 4 N–H and O–H groups in total. The van der Waals surface area contributed by atoms with Crippen LogP contribution in [-0.4, -0.2) is 46.9 Å². The van der Waals surface area contributed by atoms with E-state index in [1.54, 1.807) is 6.92 Å². The Bertz CT molecular complexity index is 123. The van der Waals surface area contributed by atoms with Gasteiger partial charge in [0.15, 0.2) is 0 Å². The van der Waals surface area contributed by atoms with E-state index in [4.69, 9.17) is 20.4 Å². The molecule has 0 aromatic heterocycles. The minimum absolute atomic E-state index is 0.0177. The lowest BCUT2D eigenvalue weighted by atomic mass is 9.81. The molecule has 0 aliphatic carbocycles. The van der Waals surface area contributed by atoms with Gasteiger partial charge in [-0.2, -0.15) is 0 Å². The van der Waals surface area contributed by atoms with Crippen molar-refractivity contribution in [3.05, 3.63) is 0 Å². The van der Waals surface area contributed by atoms with Gasteiger partial charge in [0.05, 0.1) is 13.2 Å². The van der Waals surface area contributed by atoms with Gasteiger partial charge in [-0.25, -0.2) is 0 Å². The van der Waals surface area contributed by atoms with Crippen LogP contribution in [0.25, 0.3) is 0 Å². The van der Waals surface area contributed by atoms with Crippen molar-refractivity contribution in [2.24, 2.45) is 11.3 Å². The van der Waals surface area contributed by atoms with Gasteiger partial charge in [-0.3, -0.25) is 0 Å². The maximum absolute atomic E-state index is 8.99. The van der Waals surface area contributed by atoms with Gasteiger partial charge in [0.2, 0.25) is 0 Å². The van der Waals surface area contributed by atoms with E-state index in [2.05, 4.69) is 0 Å². The van der Waals surface area contributed by atoms with Crippen LogP contribution in [0.15, 0.2) is 0 Å². The summed E-state index contributed by atoms with van der Waals surface area (Å²) in [6, 6.07) is 0. The second-order valence-corrected chi connectivity index (χ2v) is 3.89. The van der Waals surface area contributed by atoms with Crippen molar-refractivity contribution in [1.29, 1.82) is 0 Å². The van der Waals surface area contributed by atoms with Gasteiger partial charge in [-0.15, -0.1) is 0 Å². The molecule has 0 aliphatic heterocycles. The Morgan fingerprint density at radius 3 is 1.92 bits per heavy atom. The quantitative estimate of drug-likeness (QED) is 0.432. The first-order valence-corrected chi connectivity index (χ1v) is 4.55. The fraction of sp³-hybridized carbons (Fsp3) is 1.00. The van der Waals surface area contributed by atoms with Crippen LogP contribution < -0.4 is 0 Å². The normalized spacial score (nSPS) is 14.5. The number of rotatable bonds is 7. The zero-order valence-corrected chi connectivity index (χ0v) is 8.11. The number of aliphatic hydroxyl groups excluding tert-OH is 4. The largest absolute Gasteiger partial charge is 0.396 e. The van der Waals surface area contributed by atoms with E-state index in [-0.39, 0.29) is 32.3 Å². The first kappa shape index (κ1) is 12.8. The molecule has 0 amide bonds. The zero-order chi connectivity index (χ0) is 10.3. The van der Waals surface area contributed by atoms with Crippen molar-refractivity contribution in [3.8, 4) is 0 Å². The predicted octanol–water partition coefficient (Wildman–Crippen LogP) is -0.642. The second kappa shape index (κ2) is 6.32. The summed E-state index contributed by atoms with van der Waals surface area (Å²) in [5.74, 6) is -0.0469. The smallest absolute Gasteiger partial charge is 0.0506 e. The van der Waals surface area contributed by atoms with Gasteiger partial charge in [0, 0.05) is 18.6 Å². The molecule has 80 valence electrons. The Kier molecular flexibility index (Phi) is 6.24. The molecule has 1 atom stereocenters. The van der Waals surface area contributed by atoms with E-state index >= 15 is 0 Å². The maximum atomic E-state index is 8.99. The van der Waals surface area contributed by atoms with Crippen LogP contribution in [0.1, 0.15) is 19.8 Å². The lowest BCUT2D eigenvalue weighted by Crippen LogP contribution is -2.30. The molecule has 0 bridgehead atoms. The molecule has 0 saturated carbocycles. The highest BCUT2D eigenvalue weighted by Crippen LogP contribution is 2.26. The van der Waals surface area contributed by atoms with Crippen molar-refractivity contribution >= 4 is 0 Å². The average molecular weight is 192 g/mol. The van der Waals surface area contributed by atoms with Crippen LogP contribution in [0.5, 0.6) is 0 Å². The minimum atomic E-state index is -0.553. The van der Waals surface area contributed by atoms with Crippen LogP contribution in [0, 0.1) is 11.3 Å². The standard InChI is InChI=1S/C9H20O4/c1-9(6-12,7-13)4-8(5-11)2-3-10/h8,10-13H,2-7H2,1H3. The Balaban J connectivity index is 4.02. The summed E-state index contributed by atoms with van der Waals surface area (Å²) in [6.07, 6.45) is 1.03. The average Bonchev–Trinajstić information content (AvgIpc) is 2.17. The lowest BCUT2D eigenvalue weighted by molar-refractivity contribution is 0.0333. The van der Waals surface area contributed by atoms with Crippen LogP contribution in [0.2, 0.25) is 0 Å². The molecule has 4 heteroatoms. The summed E-state index contributed by atoms with van der Waals surface area (Å²) in [5.41, 5.74) is -0.553.